The second-order valence-corrected chi connectivity index (χ2v) is 9.66. The molecule has 7 atom stereocenters. The number of aliphatic hydroxyl groups excluding tert-OH is 1. The smallest absolute Gasteiger partial charge is 0.312 e. The molecule has 2 bridgehead atoms. The lowest BCUT2D eigenvalue weighted by molar-refractivity contribution is -0.163. The van der Waals surface area contributed by atoms with Crippen LogP contribution < -0.4 is 0 Å². The van der Waals surface area contributed by atoms with E-state index in [1.165, 1.54) is 4.90 Å². The fourth-order valence-corrected chi connectivity index (χ4v) is 6.08. The largest absolute Gasteiger partial charge is 0.466 e. The van der Waals surface area contributed by atoms with Crippen molar-refractivity contribution in [1.82, 2.24) is 9.80 Å². The Hall–Kier alpha value is -1.93. The number of hydrogen-bond donors (Lipinski definition) is 1. The van der Waals surface area contributed by atoms with Crippen molar-refractivity contribution in [3.8, 4) is 0 Å². The van der Waals surface area contributed by atoms with Gasteiger partial charge in [0.1, 0.15) is 17.6 Å². The van der Waals surface area contributed by atoms with Crippen LogP contribution >= 0.6 is 0 Å². The third-order valence-electron chi connectivity index (χ3n) is 7.71. The molecule has 3 aliphatic rings. The highest BCUT2D eigenvalue weighted by Gasteiger charge is 2.80. The Morgan fingerprint density at radius 3 is 2.69 bits per heavy atom. The average molecular weight is 451 g/mol. The van der Waals surface area contributed by atoms with E-state index in [0.717, 1.165) is 12.8 Å². The molecule has 3 heterocycles. The van der Waals surface area contributed by atoms with Gasteiger partial charge in [0, 0.05) is 13.1 Å². The summed E-state index contributed by atoms with van der Waals surface area (Å²) in [7, 11) is 0. The Kier molecular flexibility index (Phi) is 7.05. The number of rotatable bonds is 10. The van der Waals surface area contributed by atoms with Crippen LogP contribution in [0.25, 0.3) is 0 Å². The van der Waals surface area contributed by atoms with E-state index in [0.29, 0.717) is 19.5 Å². The monoisotopic (exact) mass is 450 g/mol. The molecule has 180 valence electrons. The van der Waals surface area contributed by atoms with Crippen LogP contribution in [-0.4, -0.2) is 82.3 Å². The Bertz CT molecular complexity index is 772. The summed E-state index contributed by atoms with van der Waals surface area (Å²) in [4.78, 5) is 44.0. The maximum atomic E-state index is 14.0. The topological polar surface area (TPSA) is 96.4 Å². The van der Waals surface area contributed by atoms with E-state index >= 15 is 0 Å². The van der Waals surface area contributed by atoms with Crippen molar-refractivity contribution in [2.75, 3.05) is 26.3 Å². The number of amides is 2. The van der Waals surface area contributed by atoms with Gasteiger partial charge in [0.2, 0.25) is 11.8 Å². The third-order valence-corrected chi connectivity index (χ3v) is 7.71. The number of aliphatic hydroxyl groups is 1. The summed E-state index contributed by atoms with van der Waals surface area (Å²) in [6.45, 7) is 14.0. The molecule has 3 aliphatic heterocycles. The molecule has 3 fully saturated rings. The van der Waals surface area contributed by atoms with Crippen molar-refractivity contribution in [3.63, 3.8) is 0 Å². The Morgan fingerprint density at radius 2 is 2.12 bits per heavy atom. The van der Waals surface area contributed by atoms with Gasteiger partial charge in [-0.05, 0) is 39.5 Å². The van der Waals surface area contributed by atoms with Gasteiger partial charge in [-0.1, -0.05) is 26.3 Å². The Labute approximate surface area is 190 Å². The SMILES string of the molecule is C=CCN(CCCC)C(=O)C1N([C@H](C)CO)C(=O)[C@@H]2[C@@H](C(=O)OCC)[C@]3(C)OC12CC3C. The van der Waals surface area contributed by atoms with Gasteiger partial charge in [-0.3, -0.25) is 14.4 Å². The molecule has 0 radical (unpaired) electrons. The molecule has 3 rings (SSSR count). The minimum atomic E-state index is -1.12. The van der Waals surface area contributed by atoms with Crippen molar-refractivity contribution in [2.24, 2.45) is 17.8 Å². The van der Waals surface area contributed by atoms with E-state index in [4.69, 9.17) is 9.47 Å². The van der Waals surface area contributed by atoms with E-state index in [9.17, 15) is 19.5 Å². The van der Waals surface area contributed by atoms with Gasteiger partial charge in [-0.2, -0.15) is 0 Å². The predicted octanol–water partition coefficient (Wildman–Crippen LogP) is 1.76. The van der Waals surface area contributed by atoms with E-state index < -0.39 is 41.1 Å². The van der Waals surface area contributed by atoms with Crippen molar-refractivity contribution in [3.05, 3.63) is 12.7 Å². The zero-order valence-corrected chi connectivity index (χ0v) is 20.0. The molecule has 0 aliphatic carbocycles. The first-order chi connectivity index (χ1) is 15.1. The molecule has 3 unspecified atom stereocenters. The fourth-order valence-electron chi connectivity index (χ4n) is 6.08. The summed E-state index contributed by atoms with van der Waals surface area (Å²) in [5, 5.41) is 9.92. The summed E-state index contributed by atoms with van der Waals surface area (Å²) < 4.78 is 12.0. The van der Waals surface area contributed by atoms with E-state index in [2.05, 4.69) is 13.5 Å². The van der Waals surface area contributed by atoms with E-state index in [1.807, 2.05) is 13.8 Å². The molecule has 0 aromatic rings. The number of esters is 1. The van der Waals surface area contributed by atoms with Crippen LogP contribution in [0.15, 0.2) is 12.7 Å². The second kappa shape index (κ2) is 9.14. The van der Waals surface area contributed by atoms with Crippen LogP contribution in [0.3, 0.4) is 0 Å². The zero-order chi connectivity index (χ0) is 23.8. The summed E-state index contributed by atoms with van der Waals surface area (Å²) in [5.74, 6) is -2.61. The second-order valence-electron chi connectivity index (χ2n) is 9.66. The third kappa shape index (κ3) is 3.46. The molecular weight excluding hydrogens is 412 g/mol. The van der Waals surface area contributed by atoms with Crippen molar-refractivity contribution < 1.29 is 29.0 Å². The summed E-state index contributed by atoms with van der Waals surface area (Å²) in [6, 6.07) is -1.48. The van der Waals surface area contributed by atoms with Gasteiger partial charge in [-0.15, -0.1) is 6.58 Å². The maximum absolute atomic E-state index is 14.0. The molecule has 8 nitrogen and oxygen atoms in total. The number of unbranched alkanes of at least 4 members (excludes halogenated alkanes) is 1. The molecule has 0 aromatic carbocycles. The first-order valence-corrected chi connectivity index (χ1v) is 11.8. The standard InChI is InChI=1S/C24H38N2O6/c1-7-10-12-25(11-8-2)21(29)19-24-13-15(4)23(6,32-24)18(22(30)31-9-3)17(24)20(28)26(19)16(5)14-27/h8,15-19,27H,2,7,9-14H2,1,3-6H3/t15?,16-,17+,18+,19?,23-,24?/m1/s1. The van der Waals surface area contributed by atoms with Gasteiger partial charge in [0.25, 0.3) is 0 Å². The van der Waals surface area contributed by atoms with E-state index in [-0.39, 0.29) is 30.9 Å². The Morgan fingerprint density at radius 1 is 1.44 bits per heavy atom. The molecule has 8 heteroatoms. The van der Waals surface area contributed by atoms with Crippen molar-refractivity contribution >= 4 is 17.8 Å². The lowest BCUT2D eigenvalue weighted by Crippen LogP contribution is -2.58. The highest BCUT2D eigenvalue weighted by molar-refractivity contribution is 5.98. The number of carbonyl (C=O) groups is 3. The van der Waals surface area contributed by atoms with Crippen molar-refractivity contribution in [2.45, 2.75) is 77.2 Å². The number of nitrogens with zero attached hydrogens (tertiary/aromatic N) is 2. The average Bonchev–Trinajstić information content (AvgIpc) is 3.27. The van der Waals surface area contributed by atoms with Crippen LogP contribution in [0, 0.1) is 17.8 Å². The van der Waals surface area contributed by atoms with Crippen LogP contribution in [-0.2, 0) is 23.9 Å². The summed E-state index contributed by atoms with van der Waals surface area (Å²) in [6.07, 6.45) is 3.92. The highest BCUT2D eigenvalue weighted by atomic mass is 16.6. The van der Waals surface area contributed by atoms with Crippen LogP contribution in [0.4, 0.5) is 0 Å². The molecule has 0 aromatic heterocycles. The highest BCUT2D eigenvalue weighted by Crippen LogP contribution is 2.65. The van der Waals surface area contributed by atoms with Gasteiger partial charge in [0.15, 0.2) is 0 Å². The quantitative estimate of drug-likeness (QED) is 0.402. The number of fused-ring (bicyclic) bond motifs is 1. The van der Waals surface area contributed by atoms with Gasteiger partial charge in [0.05, 0.1) is 30.8 Å². The van der Waals surface area contributed by atoms with Gasteiger partial charge >= 0.3 is 5.97 Å². The Balaban J connectivity index is 2.11. The molecule has 1 spiro atoms. The lowest BCUT2D eigenvalue weighted by Gasteiger charge is -2.38. The molecule has 0 saturated carbocycles. The van der Waals surface area contributed by atoms with Crippen LogP contribution in [0.1, 0.15) is 53.9 Å². The molecule has 2 amide bonds. The predicted molar refractivity (Wildman–Crippen MR) is 118 cm³/mol. The summed E-state index contributed by atoms with van der Waals surface area (Å²) in [5.41, 5.74) is -2.00. The first-order valence-electron chi connectivity index (χ1n) is 11.8. The number of carbonyl (C=O) groups excluding carboxylic acids is 3. The number of ether oxygens (including phenoxy) is 2. The van der Waals surface area contributed by atoms with Crippen LogP contribution in [0.2, 0.25) is 0 Å². The molecule has 3 saturated heterocycles. The van der Waals surface area contributed by atoms with Gasteiger partial charge < -0.3 is 24.4 Å². The number of likely N-dealkylation sites (tertiary alicyclic amines) is 1. The van der Waals surface area contributed by atoms with Gasteiger partial charge in [-0.25, -0.2) is 0 Å². The normalized spacial score (nSPS) is 36.2. The first kappa shape index (κ1) is 24.7. The minimum Gasteiger partial charge on any atom is -0.466 e. The van der Waals surface area contributed by atoms with Crippen molar-refractivity contribution in [1.29, 1.82) is 0 Å². The lowest BCUT2D eigenvalue weighted by atomic mass is 9.62. The molecule has 1 N–H and O–H groups in total. The fraction of sp³-hybridized carbons (Fsp3) is 0.792. The molecule has 32 heavy (non-hydrogen) atoms. The summed E-state index contributed by atoms with van der Waals surface area (Å²) >= 11 is 0. The number of hydrogen-bond acceptors (Lipinski definition) is 6. The van der Waals surface area contributed by atoms with E-state index in [1.54, 1.807) is 24.8 Å². The minimum absolute atomic E-state index is 0.0378. The maximum Gasteiger partial charge on any atom is 0.312 e. The zero-order valence-electron chi connectivity index (χ0n) is 20.0. The van der Waals surface area contributed by atoms with Crippen LogP contribution in [0.5, 0.6) is 0 Å². The molecular formula is C24H38N2O6.